The Hall–Kier alpha value is -0.630. The summed E-state index contributed by atoms with van der Waals surface area (Å²) in [4.78, 5) is 11.4. The Kier molecular flexibility index (Phi) is 2.14. The van der Waals surface area contributed by atoms with Crippen LogP contribution in [-0.4, -0.2) is 11.3 Å². The summed E-state index contributed by atoms with van der Waals surface area (Å²) in [6.07, 6.45) is 4.27. The SMILES string of the molecule is CCC1(N)C(=O)CCC=C1C. The van der Waals surface area contributed by atoms with Crippen molar-refractivity contribution in [2.45, 2.75) is 38.6 Å². The molecular formula is C9H15NO. The highest BCUT2D eigenvalue weighted by molar-refractivity contribution is 5.92. The van der Waals surface area contributed by atoms with Gasteiger partial charge >= 0.3 is 0 Å². The number of allylic oxidation sites excluding steroid dienone is 1. The first-order chi connectivity index (χ1) is 5.11. The van der Waals surface area contributed by atoms with E-state index in [1.165, 1.54) is 0 Å². The molecule has 0 bridgehead atoms. The van der Waals surface area contributed by atoms with Crippen molar-refractivity contribution in [3.63, 3.8) is 0 Å². The zero-order valence-electron chi connectivity index (χ0n) is 7.18. The number of hydrogen-bond donors (Lipinski definition) is 1. The van der Waals surface area contributed by atoms with E-state index in [2.05, 4.69) is 6.08 Å². The third-order valence-electron chi connectivity index (χ3n) is 2.58. The molecule has 0 aromatic carbocycles. The summed E-state index contributed by atoms with van der Waals surface area (Å²) in [5.41, 5.74) is 6.33. The first kappa shape index (κ1) is 8.47. The molecule has 0 saturated carbocycles. The van der Waals surface area contributed by atoms with E-state index in [4.69, 9.17) is 5.73 Å². The molecule has 1 rings (SSSR count). The predicted molar refractivity (Wildman–Crippen MR) is 45.2 cm³/mol. The Morgan fingerprint density at radius 3 is 2.73 bits per heavy atom. The maximum atomic E-state index is 11.4. The van der Waals surface area contributed by atoms with Crippen LogP contribution in [0, 0.1) is 0 Å². The van der Waals surface area contributed by atoms with E-state index in [9.17, 15) is 4.79 Å². The van der Waals surface area contributed by atoms with Crippen LogP contribution in [0.4, 0.5) is 0 Å². The van der Waals surface area contributed by atoms with Crippen LogP contribution < -0.4 is 5.73 Å². The standard InChI is InChI=1S/C9H15NO/c1-3-9(10)7(2)5-4-6-8(9)11/h5H,3-4,6,10H2,1-2H3. The smallest absolute Gasteiger partial charge is 0.157 e. The Bertz CT molecular complexity index is 208. The average molecular weight is 153 g/mol. The number of nitrogens with two attached hydrogens (primary N) is 1. The molecule has 0 radical (unpaired) electrons. The van der Waals surface area contributed by atoms with Crippen molar-refractivity contribution < 1.29 is 4.79 Å². The fraction of sp³-hybridized carbons (Fsp3) is 0.667. The van der Waals surface area contributed by atoms with E-state index < -0.39 is 5.54 Å². The average Bonchev–Trinajstić information content (AvgIpc) is 2.00. The van der Waals surface area contributed by atoms with E-state index >= 15 is 0 Å². The van der Waals surface area contributed by atoms with E-state index in [1.54, 1.807) is 0 Å². The van der Waals surface area contributed by atoms with Crippen molar-refractivity contribution in [1.29, 1.82) is 0 Å². The Labute approximate surface area is 67.5 Å². The Balaban J connectivity index is 2.96. The summed E-state index contributed by atoms with van der Waals surface area (Å²) < 4.78 is 0. The van der Waals surface area contributed by atoms with E-state index in [0.717, 1.165) is 12.0 Å². The van der Waals surface area contributed by atoms with Gasteiger partial charge in [-0.05, 0) is 19.8 Å². The molecule has 0 aliphatic heterocycles. The molecular weight excluding hydrogens is 138 g/mol. The van der Waals surface area contributed by atoms with E-state index in [0.29, 0.717) is 12.8 Å². The molecule has 2 nitrogen and oxygen atoms in total. The molecule has 2 N–H and O–H groups in total. The molecule has 0 fully saturated rings. The summed E-state index contributed by atoms with van der Waals surface area (Å²) in [5.74, 6) is 0.194. The first-order valence-electron chi connectivity index (χ1n) is 4.10. The normalized spacial score (nSPS) is 31.9. The second-order valence-electron chi connectivity index (χ2n) is 3.17. The van der Waals surface area contributed by atoms with Gasteiger partial charge in [-0.1, -0.05) is 18.6 Å². The number of carbonyl (C=O) groups excluding carboxylic acids is 1. The second kappa shape index (κ2) is 2.78. The maximum Gasteiger partial charge on any atom is 0.157 e. The topological polar surface area (TPSA) is 43.1 Å². The van der Waals surface area contributed by atoms with Crippen molar-refractivity contribution in [1.82, 2.24) is 0 Å². The minimum Gasteiger partial charge on any atom is -0.316 e. The lowest BCUT2D eigenvalue weighted by Gasteiger charge is -2.30. The monoisotopic (exact) mass is 153 g/mol. The van der Waals surface area contributed by atoms with Crippen LogP contribution in [0.15, 0.2) is 11.6 Å². The molecule has 0 spiro atoms. The quantitative estimate of drug-likeness (QED) is 0.579. The van der Waals surface area contributed by atoms with Crippen molar-refractivity contribution in [2.75, 3.05) is 0 Å². The number of rotatable bonds is 1. The van der Waals surface area contributed by atoms with Gasteiger partial charge in [-0.3, -0.25) is 4.79 Å². The lowest BCUT2D eigenvalue weighted by molar-refractivity contribution is -0.123. The highest BCUT2D eigenvalue weighted by Crippen LogP contribution is 2.25. The fourth-order valence-corrected chi connectivity index (χ4v) is 1.52. The van der Waals surface area contributed by atoms with Crippen molar-refractivity contribution in [2.24, 2.45) is 5.73 Å². The molecule has 0 aromatic rings. The first-order valence-corrected chi connectivity index (χ1v) is 4.10. The maximum absolute atomic E-state index is 11.4. The zero-order chi connectivity index (χ0) is 8.48. The summed E-state index contributed by atoms with van der Waals surface area (Å²) in [6.45, 7) is 3.90. The molecule has 0 saturated heterocycles. The third-order valence-corrected chi connectivity index (χ3v) is 2.58. The Morgan fingerprint density at radius 1 is 1.73 bits per heavy atom. The number of ketones is 1. The second-order valence-corrected chi connectivity index (χ2v) is 3.17. The molecule has 1 aliphatic rings. The summed E-state index contributed by atoms with van der Waals surface area (Å²) in [6, 6.07) is 0. The van der Waals surface area contributed by atoms with E-state index in [-0.39, 0.29) is 5.78 Å². The number of carbonyl (C=O) groups is 1. The Morgan fingerprint density at radius 2 is 2.36 bits per heavy atom. The molecule has 11 heavy (non-hydrogen) atoms. The molecule has 1 unspecified atom stereocenters. The van der Waals surface area contributed by atoms with Crippen LogP contribution in [0.25, 0.3) is 0 Å². The summed E-state index contributed by atoms with van der Waals surface area (Å²) >= 11 is 0. The van der Waals surface area contributed by atoms with Crippen molar-refractivity contribution >= 4 is 5.78 Å². The summed E-state index contributed by atoms with van der Waals surface area (Å²) in [5, 5.41) is 0. The van der Waals surface area contributed by atoms with Crippen LogP contribution in [-0.2, 0) is 4.79 Å². The van der Waals surface area contributed by atoms with Gasteiger partial charge < -0.3 is 5.73 Å². The van der Waals surface area contributed by atoms with Crippen LogP contribution >= 0.6 is 0 Å². The highest BCUT2D eigenvalue weighted by atomic mass is 16.1. The minimum absolute atomic E-state index is 0.194. The molecule has 0 amide bonds. The van der Waals surface area contributed by atoms with Gasteiger partial charge in [-0.15, -0.1) is 0 Å². The molecule has 1 aliphatic carbocycles. The van der Waals surface area contributed by atoms with Crippen molar-refractivity contribution in [3.8, 4) is 0 Å². The molecule has 1 atom stereocenters. The fourth-order valence-electron chi connectivity index (χ4n) is 1.52. The molecule has 0 heterocycles. The minimum atomic E-state index is -0.641. The van der Waals surface area contributed by atoms with Gasteiger partial charge in [0.15, 0.2) is 5.78 Å². The number of Topliss-reactive ketones (excluding diaryl/α,β-unsaturated/α-hetero) is 1. The van der Waals surface area contributed by atoms with Crippen LogP contribution in [0.5, 0.6) is 0 Å². The van der Waals surface area contributed by atoms with Gasteiger partial charge in [0.25, 0.3) is 0 Å². The van der Waals surface area contributed by atoms with Crippen LogP contribution in [0.3, 0.4) is 0 Å². The highest BCUT2D eigenvalue weighted by Gasteiger charge is 2.34. The van der Waals surface area contributed by atoms with Gasteiger partial charge in [-0.2, -0.15) is 0 Å². The lowest BCUT2D eigenvalue weighted by atomic mass is 9.79. The molecule has 62 valence electrons. The van der Waals surface area contributed by atoms with Crippen molar-refractivity contribution in [3.05, 3.63) is 11.6 Å². The van der Waals surface area contributed by atoms with Gasteiger partial charge in [0.1, 0.15) is 0 Å². The van der Waals surface area contributed by atoms with Crippen LogP contribution in [0.1, 0.15) is 33.1 Å². The lowest BCUT2D eigenvalue weighted by Crippen LogP contribution is -2.49. The van der Waals surface area contributed by atoms with Gasteiger partial charge in [0.05, 0.1) is 5.54 Å². The number of hydrogen-bond acceptors (Lipinski definition) is 2. The largest absolute Gasteiger partial charge is 0.316 e. The third kappa shape index (κ3) is 1.23. The van der Waals surface area contributed by atoms with Gasteiger partial charge in [0, 0.05) is 6.42 Å². The molecule has 2 heteroatoms. The summed E-state index contributed by atoms with van der Waals surface area (Å²) in [7, 11) is 0. The van der Waals surface area contributed by atoms with Gasteiger partial charge in [0.2, 0.25) is 0 Å². The van der Waals surface area contributed by atoms with E-state index in [1.807, 2.05) is 13.8 Å². The molecule has 0 aromatic heterocycles. The zero-order valence-corrected chi connectivity index (χ0v) is 7.18. The van der Waals surface area contributed by atoms with Crippen LogP contribution in [0.2, 0.25) is 0 Å². The van der Waals surface area contributed by atoms with Gasteiger partial charge in [-0.25, -0.2) is 0 Å². The predicted octanol–water partition coefficient (Wildman–Crippen LogP) is 1.40.